The van der Waals surface area contributed by atoms with Gasteiger partial charge in [-0.3, -0.25) is 0 Å². The average Bonchev–Trinajstić information content (AvgIpc) is 2.61. The molecule has 0 spiro atoms. The zero-order valence-electron chi connectivity index (χ0n) is 9.53. The van der Waals surface area contributed by atoms with E-state index in [0.29, 0.717) is 0 Å². The standard InChI is InChI=1S/C14H16N2/c1-2-16-13-6-4-3-5-11(13)12-8-7-10(15)9-14(12)16/h3,5,7-9H,2,4,6,15H2,1H3. The van der Waals surface area contributed by atoms with Gasteiger partial charge in [-0.05, 0) is 31.9 Å². The number of nitrogens with zero attached hydrogens (tertiary/aromatic N) is 1. The number of allylic oxidation sites excluding steroid dienone is 1. The molecule has 2 aromatic rings. The Hall–Kier alpha value is -1.70. The zero-order chi connectivity index (χ0) is 11.1. The second kappa shape index (κ2) is 3.41. The van der Waals surface area contributed by atoms with Gasteiger partial charge in [0.1, 0.15) is 0 Å². The summed E-state index contributed by atoms with van der Waals surface area (Å²) >= 11 is 0. The highest BCUT2D eigenvalue weighted by Crippen LogP contribution is 2.32. The lowest BCUT2D eigenvalue weighted by Gasteiger charge is -2.10. The van der Waals surface area contributed by atoms with Gasteiger partial charge >= 0.3 is 0 Å². The average molecular weight is 212 g/mol. The molecular formula is C14H16N2. The van der Waals surface area contributed by atoms with Gasteiger partial charge in [0.05, 0.1) is 5.52 Å². The third-order valence-electron chi connectivity index (χ3n) is 3.39. The van der Waals surface area contributed by atoms with Crippen LogP contribution in [0.2, 0.25) is 0 Å². The number of benzene rings is 1. The van der Waals surface area contributed by atoms with Crippen molar-refractivity contribution in [1.82, 2.24) is 4.57 Å². The highest BCUT2D eigenvalue weighted by Gasteiger charge is 2.15. The summed E-state index contributed by atoms with van der Waals surface area (Å²) in [5, 5.41) is 1.34. The first-order valence-corrected chi connectivity index (χ1v) is 5.88. The van der Waals surface area contributed by atoms with Crippen LogP contribution < -0.4 is 5.73 Å². The van der Waals surface area contributed by atoms with Crippen molar-refractivity contribution in [3.63, 3.8) is 0 Å². The lowest BCUT2D eigenvalue weighted by molar-refractivity contribution is 0.729. The van der Waals surface area contributed by atoms with E-state index in [2.05, 4.69) is 35.8 Å². The normalized spacial score (nSPS) is 14.3. The minimum absolute atomic E-state index is 0.848. The summed E-state index contributed by atoms with van der Waals surface area (Å²) in [5.41, 5.74) is 10.9. The monoisotopic (exact) mass is 212 g/mol. The van der Waals surface area contributed by atoms with Gasteiger partial charge in [0.15, 0.2) is 0 Å². The number of fused-ring (bicyclic) bond motifs is 3. The van der Waals surface area contributed by atoms with E-state index in [1.54, 1.807) is 0 Å². The van der Waals surface area contributed by atoms with Crippen LogP contribution in [0.3, 0.4) is 0 Å². The van der Waals surface area contributed by atoms with Gasteiger partial charge in [-0.1, -0.05) is 18.2 Å². The van der Waals surface area contributed by atoms with E-state index >= 15 is 0 Å². The first-order chi connectivity index (χ1) is 7.81. The summed E-state index contributed by atoms with van der Waals surface area (Å²) in [6.45, 7) is 3.21. The van der Waals surface area contributed by atoms with E-state index in [1.807, 2.05) is 6.07 Å². The highest BCUT2D eigenvalue weighted by molar-refractivity contribution is 5.93. The molecular weight excluding hydrogens is 196 g/mol. The van der Waals surface area contributed by atoms with Crippen molar-refractivity contribution >= 4 is 22.7 Å². The Morgan fingerprint density at radius 3 is 3.06 bits per heavy atom. The van der Waals surface area contributed by atoms with Crippen molar-refractivity contribution in [3.8, 4) is 0 Å². The summed E-state index contributed by atoms with van der Waals surface area (Å²) in [4.78, 5) is 0. The number of rotatable bonds is 1. The molecule has 0 unspecified atom stereocenters. The summed E-state index contributed by atoms with van der Waals surface area (Å²) < 4.78 is 2.39. The van der Waals surface area contributed by atoms with Gasteiger partial charge in [-0.15, -0.1) is 0 Å². The Bertz CT molecular complexity index is 576. The van der Waals surface area contributed by atoms with Gasteiger partial charge in [0, 0.05) is 28.9 Å². The number of hydrogen-bond acceptors (Lipinski definition) is 1. The van der Waals surface area contributed by atoms with Crippen molar-refractivity contribution in [3.05, 3.63) is 35.5 Å². The maximum Gasteiger partial charge on any atom is 0.0509 e. The Morgan fingerprint density at radius 1 is 1.38 bits per heavy atom. The molecule has 1 heterocycles. The number of nitrogens with two attached hydrogens (primary N) is 1. The van der Waals surface area contributed by atoms with E-state index in [1.165, 1.54) is 22.2 Å². The van der Waals surface area contributed by atoms with Crippen LogP contribution in [-0.4, -0.2) is 4.57 Å². The summed E-state index contributed by atoms with van der Waals surface area (Å²) in [5.74, 6) is 0. The molecule has 0 atom stereocenters. The fourth-order valence-corrected chi connectivity index (χ4v) is 2.68. The maximum absolute atomic E-state index is 5.87. The molecule has 2 N–H and O–H groups in total. The van der Waals surface area contributed by atoms with Crippen LogP contribution in [0.5, 0.6) is 0 Å². The minimum Gasteiger partial charge on any atom is -0.399 e. The highest BCUT2D eigenvalue weighted by atomic mass is 15.0. The molecule has 16 heavy (non-hydrogen) atoms. The fourth-order valence-electron chi connectivity index (χ4n) is 2.68. The lowest BCUT2D eigenvalue weighted by Crippen LogP contribution is -2.03. The maximum atomic E-state index is 5.87. The number of anilines is 1. The molecule has 0 radical (unpaired) electrons. The molecule has 3 rings (SSSR count). The smallest absolute Gasteiger partial charge is 0.0509 e. The number of nitrogen functional groups attached to an aromatic ring is 1. The molecule has 1 aliphatic rings. The summed E-state index contributed by atoms with van der Waals surface area (Å²) in [6, 6.07) is 6.22. The molecule has 0 fully saturated rings. The molecule has 0 amide bonds. The number of aromatic nitrogens is 1. The van der Waals surface area contributed by atoms with Crippen LogP contribution in [0.4, 0.5) is 5.69 Å². The molecule has 0 saturated carbocycles. The molecule has 2 heteroatoms. The molecule has 82 valence electrons. The Kier molecular flexibility index (Phi) is 2.03. The van der Waals surface area contributed by atoms with E-state index in [0.717, 1.165) is 25.1 Å². The second-order valence-electron chi connectivity index (χ2n) is 4.32. The topological polar surface area (TPSA) is 30.9 Å². The van der Waals surface area contributed by atoms with Crippen LogP contribution in [0, 0.1) is 0 Å². The largest absolute Gasteiger partial charge is 0.399 e. The predicted octanol–water partition coefficient (Wildman–Crippen LogP) is 3.20. The van der Waals surface area contributed by atoms with Crippen LogP contribution >= 0.6 is 0 Å². The van der Waals surface area contributed by atoms with Crippen LogP contribution in [-0.2, 0) is 13.0 Å². The second-order valence-corrected chi connectivity index (χ2v) is 4.32. The van der Waals surface area contributed by atoms with E-state index in [4.69, 9.17) is 5.73 Å². The molecule has 0 saturated heterocycles. The molecule has 1 aromatic heterocycles. The van der Waals surface area contributed by atoms with Crippen molar-refractivity contribution in [1.29, 1.82) is 0 Å². The molecule has 1 aromatic carbocycles. The molecule has 2 nitrogen and oxygen atoms in total. The van der Waals surface area contributed by atoms with Crippen LogP contribution in [0.15, 0.2) is 24.3 Å². The van der Waals surface area contributed by atoms with Crippen molar-refractivity contribution < 1.29 is 0 Å². The Labute approximate surface area is 95.4 Å². The number of hydrogen-bond donors (Lipinski definition) is 1. The summed E-state index contributed by atoms with van der Waals surface area (Å²) in [6.07, 6.45) is 6.81. The Morgan fingerprint density at radius 2 is 2.25 bits per heavy atom. The summed E-state index contributed by atoms with van der Waals surface area (Å²) in [7, 11) is 0. The van der Waals surface area contributed by atoms with Crippen LogP contribution in [0.1, 0.15) is 24.6 Å². The lowest BCUT2D eigenvalue weighted by atomic mass is 10.0. The van der Waals surface area contributed by atoms with Crippen molar-refractivity contribution in [2.45, 2.75) is 26.3 Å². The van der Waals surface area contributed by atoms with Crippen LogP contribution in [0.25, 0.3) is 17.0 Å². The molecule has 0 bridgehead atoms. The van der Waals surface area contributed by atoms with Gasteiger partial charge < -0.3 is 10.3 Å². The predicted molar refractivity (Wildman–Crippen MR) is 69.4 cm³/mol. The fraction of sp³-hybridized carbons (Fsp3) is 0.286. The zero-order valence-corrected chi connectivity index (χ0v) is 9.53. The number of aryl methyl sites for hydroxylation is 1. The van der Waals surface area contributed by atoms with E-state index in [9.17, 15) is 0 Å². The third-order valence-corrected chi connectivity index (χ3v) is 3.39. The van der Waals surface area contributed by atoms with E-state index in [-0.39, 0.29) is 0 Å². The van der Waals surface area contributed by atoms with E-state index < -0.39 is 0 Å². The quantitative estimate of drug-likeness (QED) is 0.723. The SMILES string of the molecule is CCn1c2c(c3ccc(N)cc31)C=CCC2. The van der Waals surface area contributed by atoms with Gasteiger partial charge in [0.25, 0.3) is 0 Å². The third kappa shape index (κ3) is 1.19. The van der Waals surface area contributed by atoms with Crippen molar-refractivity contribution in [2.75, 3.05) is 5.73 Å². The van der Waals surface area contributed by atoms with Gasteiger partial charge in [-0.25, -0.2) is 0 Å². The van der Waals surface area contributed by atoms with Gasteiger partial charge in [0.2, 0.25) is 0 Å². The molecule has 0 aliphatic heterocycles. The Balaban J connectivity index is 2.42. The first kappa shape index (κ1) is 9.52. The first-order valence-electron chi connectivity index (χ1n) is 5.88. The minimum atomic E-state index is 0.848. The van der Waals surface area contributed by atoms with Crippen molar-refractivity contribution in [2.24, 2.45) is 0 Å². The molecule has 1 aliphatic carbocycles. The van der Waals surface area contributed by atoms with Gasteiger partial charge in [-0.2, -0.15) is 0 Å².